The first-order valence-electron chi connectivity index (χ1n) is 5.38. The molecule has 2 aromatic rings. The summed E-state index contributed by atoms with van der Waals surface area (Å²) in [6.45, 7) is 10.9. The average molecular weight is 202 g/mol. The predicted molar refractivity (Wildman–Crippen MR) is 64.4 cm³/mol. The summed E-state index contributed by atoms with van der Waals surface area (Å²) in [5, 5.41) is 1.25. The molecule has 0 N–H and O–H groups in total. The maximum atomic E-state index is 5.55. The second kappa shape index (κ2) is 3.13. The van der Waals surface area contributed by atoms with Crippen LogP contribution in [-0.4, -0.2) is 0 Å². The molecule has 2 rings (SSSR count). The Morgan fingerprint density at radius 2 is 1.67 bits per heavy atom. The van der Waals surface area contributed by atoms with Gasteiger partial charge in [0.25, 0.3) is 0 Å². The quantitative estimate of drug-likeness (QED) is 0.619. The highest BCUT2D eigenvalue weighted by molar-refractivity contribution is 5.84. The van der Waals surface area contributed by atoms with Crippen LogP contribution >= 0.6 is 0 Å². The molecule has 1 heterocycles. The number of hydrogen-bond acceptors (Lipinski definition) is 1. The van der Waals surface area contributed by atoms with Crippen LogP contribution < -0.4 is 0 Å². The fourth-order valence-corrected chi connectivity index (χ4v) is 1.87. The molecule has 0 amide bonds. The van der Waals surface area contributed by atoms with Crippen LogP contribution in [0, 0.1) is 13.8 Å². The molecule has 1 aromatic heterocycles. The Morgan fingerprint density at radius 3 is 2.27 bits per heavy atom. The third kappa shape index (κ3) is 1.67. The van der Waals surface area contributed by atoms with E-state index in [1.54, 1.807) is 0 Å². The lowest BCUT2D eigenvalue weighted by Gasteiger charge is -2.19. The molecule has 0 unspecified atom stereocenters. The van der Waals surface area contributed by atoms with Crippen LogP contribution in [0.15, 0.2) is 22.8 Å². The van der Waals surface area contributed by atoms with Crippen molar-refractivity contribution in [2.75, 3.05) is 0 Å². The largest absolute Gasteiger partial charge is 0.464 e. The molecule has 1 heteroatoms. The van der Waals surface area contributed by atoms with E-state index in [1.165, 1.54) is 22.1 Å². The van der Waals surface area contributed by atoms with Gasteiger partial charge in [0.1, 0.15) is 5.58 Å². The average Bonchev–Trinajstić information content (AvgIpc) is 2.47. The Kier molecular flexibility index (Phi) is 2.14. The molecule has 1 nitrogen and oxygen atoms in total. The maximum absolute atomic E-state index is 5.55. The zero-order chi connectivity index (χ0) is 11.2. The smallest absolute Gasteiger partial charge is 0.137 e. The van der Waals surface area contributed by atoms with E-state index in [9.17, 15) is 0 Å². The van der Waals surface area contributed by atoms with Gasteiger partial charge in [0.15, 0.2) is 0 Å². The third-order valence-corrected chi connectivity index (χ3v) is 2.92. The van der Waals surface area contributed by atoms with Crippen LogP contribution in [0.5, 0.6) is 0 Å². The maximum Gasteiger partial charge on any atom is 0.137 e. The SMILES string of the molecule is Cc1coc2c(C)cc(C(C)(C)C)cc12. The van der Waals surface area contributed by atoms with E-state index in [2.05, 4.69) is 46.8 Å². The monoisotopic (exact) mass is 202 g/mol. The molecule has 80 valence electrons. The minimum absolute atomic E-state index is 0.197. The van der Waals surface area contributed by atoms with E-state index in [4.69, 9.17) is 4.42 Å². The van der Waals surface area contributed by atoms with Crippen LogP contribution in [-0.2, 0) is 5.41 Å². The zero-order valence-electron chi connectivity index (χ0n) is 10.1. The first-order chi connectivity index (χ1) is 6.89. The zero-order valence-corrected chi connectivity index (χ0v) is 10.1. The first kappa shape index (κ1) is 10.3. The van der Waals surface area contributed by atoms with Gasteiger partial charge in [-0.15, -0.1) is 0 Å². The Labute approximate surface area is 91.1 Å². The van der Waals surface area contributed by atoms with Gasteiger partial charge in [-0.3, -0.25) is 0 Å². The minimum Gasteiger partial charge on any atom is -0.464 e. The molecule has 0 radical (unpaired) electrons. The lowest BCUT2D eigenvalue weighted by molar-refractivity contribution is 0.588. The lowest BCUT2D eigenvalue weighted by atomic mass is 9.85. The number of hydrogen-bond donors (Lipinski definition) is 0. The topological polar surface area (TPSA) is 13.1 Å². The second-order valence-corrected chi connectivity index (χ2v) is 5.34. The molecule has 0 atom stereocenters. The predicted octanol–water partition coefficient (Wildman–Crippen LogP) is 4.35. The van der Waals surface area contributed by atoms with Gasteiger partial charge in [0, 0.05) is 5.39 Å². The molecule has 0 bridgehead atoms. The van der Waals surface area contributed by atoms with Crippen molar-refractivity contribution in [1.29, 1.82) is 0 Å². The molecule has 15 heavy (non-hydrogen) atoms. The number of benzene rings is 1. The summed E-state index contributed by atoms with van der Waals surface area (Å²) in [5.41, 5.74) is 5.05. The van der Waals surface area contributed by atoms with Gasteiger partial charge in [0.2, 0.25) is 0 Å². The fraction of sp³-hybridized carbons (Fsp3) is 0.429. The Balaban J connectivity index is 2.76. The van der Waals surface area contributed by atoms with E-state index in [1.807, 2.05) is 6.26 Å². The lowest BCUT2D eigenvalue weighted by Crippen LogP contribution is -2.11. The molecular formula is C14H18O. The van der Waals surface area contributed by atoms with E-state index in [0.29, 0.717) is 0 Å². The normalized spacial score (nSPS) is 12.3. The van der Waals surface area contributed by atoms with Gasteiger partial charge in [-0.25, -0.2) is 0 Å². The summed E-state index contributed by atoms with van der Waals surface area (Å²) in [6, 6.07) is 4.48. The van der Waals surface area contributed by atoms with Crippen LogP contribution in [0.25, 0.3) is 11.0 Å². The summed E-state index contributed by atoms with van der Waals surface area (Å²) < 4.78 is 5.55. The van der Waals surface area contributed by atoms with Crippen molar-refractivity contribution in [2.24, 2.45) is 0 Å². The molecule has 0 saturated carbocycles. The van der Waals surface area contributed by atoms with Crippen LogP contribution in [0.2, 0.25) is 0 Å². The van der Waals surface area contributed by atoms with E-state index >= 15 is 0 Å². The van der Waals surface area contributed by atoms with Crippen LogP contribution in [0.1, 0.15) is 37.5 Å². The van der Waals surface area contributed by atoms with Crippen molar-refractivity contribution >= 4 is 11.0 Å². The molecule has 0 spiro atoms. The van der Waals surface area contributed by atoms with Crippen molar-refractivity contribution in [3.05, 3.63) is 35.1 Å². The highest BCUT2D eigenvalue weighted by Crippen LogP contribution is 2.31. The number of aryl methyl sites for hydroxylation is 2. The summed E-state index contributed by atoms with van der Waals surface area (Å²) in [7, 11) is 0. The molecule has 0 aliphatic rings. The van der Waals surface area contributed by atoms with Gasteiger partial charge in [-0.05, 0) is 42.0 Å². The number of fused-ring (bicyclic) bond motifs is 1. The van der Waals surface area contributed by atoms with Gasteiger partial charge < -0.3 is 4.42 Å². The Morgan fingerprint density at radius 1 is 1.00 bits per heavy atom. The highest BCUT2D eigenvalue weighted by atomic mass is 16.3. The van der Waals surface area contributed by atoms with Gasteiger partial charge >= 0.3 is 0 Å². The third-order valence-electron chi connectivity index (χ3n) is 2.92. The summed E-state index contributed by atoms with van der Waals surface area (Å²) in [6.07, 6.45) is 1.84. The Bertz CT molecular complexity index is 498. The van der Waals surface area contributed by atoms with Crippen LogP contribution in [0.4, 0.5) is 0 Å². The van der Waals surface area contributed by atoms with Gasteiger partial charge in [-0.1, -0.05) is 26.8 Å². The van der Waals surface area contributed by atoms with Crippen molar-refractivity contribution in [3.8, 4) is 0 Å². The van der Waals surface area contributed by atoms with Crippen molar-refractivity contribution < 1.29 is 4.42 Å². The van der Waals surface area contributed by atoms with Crippen LogP contribution in [0.3, 0.4) is 0 Å². The van der Waals surface area contributed by atoms with E-state index in [0.717, 1.165) is 5.58 Å². The van der Waals surface area contributed by atoms with Gasteiger partial charge in [-0.2, -0.15) is 0 Å². The van der Waals surface area contributed by atoms with Crippen molar-refractivity contribution in [1.82, 2.24) is 0 Å². The molecule has 0 fully saturated rings. The summed E-state index contributed by atoms with van der Waals surface area (Å²) >= 11 is 0. The van der Waals surface area contributed by atoms with E-state index < -0.39 is 0 Å². The molecule has 0 saturated heterocycles. The summed E-state index contributed by atoms with van der Waals surface area (Å²) in [5.74, 6) is 0. The molecule has 0 aliphatic carbocycles. The Hall–Kier alpha value is -1.24. The number of furan rings is 1. The molecular weight excluding hydrogens is 184 g/mol. The highest BCUT2D eigenvalue weighted by Gasteiger charge is 2.16. The van der Waals surface area contributed by atoms with Crippen molar-refractivity contribution in [2.45, 2.75) is 40.0 Å². The fourth-order valence-electron chi connectivity index (χ4n) is 1.87. The minimum atomic E-state index is 0.197. The van der Waals surface area contributed by atoms with Crippen molar-refractivity contribution in [3.63, 3.8) is 0 Å². The second-order valence-electron chi connectivity index (χ2n) is 5.34. The molecule has 0 aliphatic heterocycles. The van der Waals surface area contributed by atoms with Gasteiger partial charge in [0.05, 0.1) is 6.26 Å². The standard InChI is InChI=1S/C14H18O/c1-9-6-11(14(3,4)5)7-12-10(2)8-15-13(9)12/h6-8H,1-5H3. The van der Waals surface area contributed by atoms with E-state index in [-0.39, 0.29) is 5.41 Å². The molecule has 1 aromatic carbocycles. The number of rotatable bonds is 0. The first-order valence-corrected chi connectivity index (χ1v) is 5.38. The summed E-state index contributed by atoms with van der Waals surface area (Å²) in [4.78, 5) is 0.